The van der Waals surface area contributed by atoms with Crippen molar-refractivity contribution in [2.45, 2.75) is 24.7 Å². The van der Waals surface area contributed by atoms with Gasteiger partial charge in [-0.1, -0.05) is 52.6 Å². The Bertz CT molecular complexity index is 4570. The van der Waals surface area contributed by atoms with E-state index in [1.165, 1.54) is 131 Å². The Hall–Kier alpha value is -12.2. The number of hydrogen-bond acceptors (Lipinski definition) is 15. The number of alkyl halides is 12. The maximum atomic E-state index is 12.8. The van der Waals surface area contributed by atoms with E-state index >= 15 is 0 Å². The number of nitro groups is 3. The average molecular weight is 1390 g/mol. The van der Waals surface area contributed by atoms with Gasteiger partial charge in [0.2, 0.25) is 0 Å². The third-order valence-electron chi connectivity index (χ3n) is 12.1. The first kappa shape index (κ1) is 71.3. The molecule has 11 rings (SSSR count). The van der Waals surface area contributed by atoms with Gasteiger partial charge in [-0.05, 0) is 113 Å². The van der Waals surface area contributed by atoms with E-state index in [0.717, 1.165) is 76.1 Å². The van der Waals surface area contributed by atoms with Crippen LogP contribution in [0.3, 0.4) is 0 Å². The van der Waals surface area contributed by atoms with E-state index in [1.807, 2.05) is 0 Å². The van der Waals surface area contributed by atoms with E-state index in [4.69, 9.17) is 34.7 Å². The number of halogens is 14. The highest BCUT2D eigenvalue weighted by Crippen LogP contribution is 2.34. The van der Waals surface area contributed by atoms with E-state index in [1.54, 1.807) is 6.07 Å². The lowest BCUT2D eigenvalue weighted by Gasteiger charge is -2.09. The molecule has 25 nitrogen and oxygen atoms in total. The summed E-state index contributed by atoms with van der Waals surface area (Å²) in [5, 5.41) is 57.6. The Morgan fingerprint density at radius 1 is 0.448 bits per heavy atom. The number of hydrogen-bond donors (Lipinski definition) is 5. The molecule has 2 amide bonds. The molecule has 39 heteroatoms. The molecule has 11 aromatic rings. The van der Waals surface area contributed by atoms with Gasteiger partial charge in [-0.25, -0.2) is 14.0 Å². The molecule has 0 bridgehead atoms. The highest BCUT2D eigenvalue weighted by Gasteiger charge is 2.34. The number of H-pyrrole nitrogens is 1. The van der Waals surface area contributed by atoms with Gasteiger partial charge in [0, 0.05) is 58.6 Å². The number of nitro benzene ring substituents is 1. The molecule has 0 unspecified atom stereocenters. The highest BCUT2D eigenvalue weighted by molar-refractivity contribution is 6.31. The number of amides is 2. The number of anilines is 4. The molecule has 0 fully saturated rings. The lowest BCUT2D eigenvalue weighted by Crippen LogP contribution is -2.14. The van der Waals surface area contributed by atoms with Gasteiger partial charge in [0.25, 0.3) is 17.5 Å². The summed E-state index contributed by atoms with van der Waals surface area (Å²) >= 11 is 11.6. The van der Waals surface area contributed by atoms with Gasteiger partial charge < -0.3 is 42.3 Å². The van der Waals surface area contributed by atoms with Crippen LogP contribution in [0.2, 0.25) is 10.0 Å². The summed E-state index contributed by atoms with van der Waals surface area (Å²) in [6.07, 6.45) is -10.9. The van der Waals surface area contributed by atoms with Crippen LogP contribution in [0.1, 0.15) is 43.0 Å². The zero-order valence-corrected chi connectivity index (χ0v) is 49.1. The van der Waals surface area contributed by atoms with Gasteiger partial charge in [-0.15, -0.1) is 9.78 Å². The highest BCUT2D eigenvalue weighted by atomic mass is 35.5. The molecule has 0 spiro atoms. The predicted molar refractivity (Wildman–Crippen MR) is 320 cm³/mol. The van der Waals surface area contributed by atoms with Crippen LogP contribution in [0.15, 0.2) is 195 Å². The molecule has 0 saturated carbocycles. The van der Waals surface area contributed by atoms with Crippen molar-refractivity contribution < 1.29 is 77.0 Å². The van der Waals surface area contributed by atoms with Crippen molar-refractivity contribution >= 4 is 75.5 Å². The number of carbonyl (C=O) groups excluding carboxylic acids is 2. The Morgan fingerprint density at radius 2 is 0.833 bits per heavy atom. The number of nitrogens with two attached hydrogens (primary N) is 2. The predicted octanol–water partition coefficient (Wildman–Crippen LogP) is 14.7. The Morgan fingerprint density at radius 3 is 1.19 bits per heavy atom. The second-order valence-electron chi connectivity index (χ2n) is 18.8. The largest absolute Gasteiger partial charge is 0.416 e. The first-order chi connectivity index (χ1) is 45.0. The van der Waals surface area contributed by atoms with Gasteiger partial charge in [0.15, 0.2) is 11.6 Å². The van der Waals surface area contributed by atoms with Crippen LogP contribution in [0.25, 0.3) is 22.7 Å². The summed E-state index contributed by atoms with van der Waals surface area (Å²) < 4.78 is 156. The molecule has 0 aliphatic rings. The lowest BCUT2D eigenvalue weighted by atomic mass is 10.1. The molecule has 0 saturated heterocycles. The first-order valence-corrected chi connectivity index (χ1v) is 26.9. The Kier molecular flexibility index (Phi) is 22.3. The molecule has 498 valence electrons. The smallest absolute Gasteiger partial charge is 0.398 e. The minimum absolute atomic E-state index is 0.00307. The molecule has 0 atom stereocenters. The summed E-state index contributed by atoms with van der Waals surface area (Å²) in [5.41, 5.74) is 8.42. The van der Waals surface area contributed by atoms with Crippen LogP contribution in [0.4, 0.5) is 93.1 Å². The molecular weight excluding hydrogens is 1350 g/mol. The molecule has 0 radical (unpaired) electrons. The standard InChI is InChI=1S/C17H10ClF3N4O3.C17H12ClF3N4O.C10H6F3N3O2.C10H8F3N3.C3H3N3O2/c18-11-4-5-14(25(27)28)13(9-11)16(26)22-15-6-7-24(23-15)12-3-1-2-10(8-12)17(19,20)21;18-11-4-5-14(22)13(9-11)16(26)23-15-6-7-25(24-15)12-3-1-2-10(8-12)17(19,20)21;11-10(12,13)7-2-1-3-8(6-7)15-5-4-9(14-15)16(17)18;11-10(12,13)7-2-1-3-8(6-7)16-5-4-9(14)15-16;7-6(8)3-1-2-4-5-3/h1-9H,(H,22,23,26);1-9H,22H2,(H,23,24,26);1-6H;1-6H,(H2,14,15);1-2H,(H,4,5). The Labute approximate surface area is 538 Å². The van der Waals surface area contributed by atoms with E-state index in [0.29, 0.717) is 10.7 Å². The summed E-state index contributed by atoms with van der Waals surface area (Å²) in [7, 11) is 0. The summed E-state index contributed by atoms with van der Waals surface area (Å²) in [6, 6.07) is 33.1. The lowest BCUT2D eigenvalue weighted by molar-refractivity contribution is -0.389. The van der Waals surface area contributed by atoms with Crippen molar-refractivity contribution in [2.75, 3.05) is 22.1 Å². The average Bonchev–Trinajstić information content (AvgIpc) is 1.61. The molecule has 6 aromatic carbocycles. The SMILES string of the molecule is Nc1ccc(Cl)cc1C(=O)Nc1ccn(-c2cccc(C(F)(F)F)c2)n1.Nc1ccn(-c2cccc(C(F)(F)F)c2)n1.O=C(Nc1ccn(-c2cccc(C(F)(F)F)c2)n1)c1cc(Cl)ccc1[N+](=O)[O-].O=[N+]([O-])c1ccn(-c2cccc(C(F)(F)F)c2)n1.O=[N+]([O-])c1ccn[nH]1. The fraction of sp³-hybridized carbons (Fsp3) is 0.0702. The third kappa shape index (κ3) is 19.7. The Balaban J connectivity index is 0.000000177. The van der Waals surface area contributed by atoms with Gasteiger partial charge in [-0.2, -0.15) is 68.0 Å². The molecule has 5 aromatic heterocycles. The minimum Gasteiger partial charge on any atom is -0.398 e. The van der Waals surface area contributed by atoms with Gasteiger partial charge >= 0.3 is 36.3 Å². The van der Waals surface area contributed by atoms with Crippen LogP contribution in [0, 0.1) is 30.3 Å². The van der Waals surface area contributed by atoms with Crippen LogP contribution in [-0.2, 0) is 24.7 Å². The minimum atomic E-state index is -4.51. The quantitative estimate of drug-likeness (QED) is 0.0348. The van der Waals surface area contributed by atoms with Gasteiger partial charge in [-0.3, -0.25) is 19.7 Å². The van der Waals surface area contributed by atoms with E-state index in [9.17, 15) is 92.6 Å². The van der Waals surface area contributed by atoms with Crippen LogP contribution < -0.4 is 22.1 Å². The topological polar surface area (TPSA) is 340 Å². The maximum Gasteiger partial charge on any atom is 0.416 e. The third-order valence-corrected chi connectivity index (χ3v) is 12.6. The number of carbonyl (C=O) groups is 2. The number of nitrogens with one attached hydrogen (secondary N) is 3. The van der Waals surface area contributed by atoms with Crippen molar-refractivity contribution in [1.82, 2.24) is 49.3 Å². The number of nitrogens with zero attached hydrogens (tertiary/aromatic N) is 12. The second-order valence-corrected chi connectivity index (χ2v) is 19.7. The normalized spacial score (nSPS) is 11.2. The molecule has 5 heterocycles. The van der Waals surface area contributed by atoms with Crippen molar-refractivity contribution in [2.24, 2.45) is 0 Å². The van der Waals surface area contributed by atoms with E-state index in [-0.39, 0.29) is 62.2 Å². The van der Waals surface area contributed by atoms with Crippen molar-refractivity contribution in [3.63, 3.8) is 0 Å². The number of nitrogen functional groups attached to an aromatic ring is 2. The van der Waals surface area contributed by atoms with E-state index < -0.39 is 85.0 Å². The summed E-state index contributed by atoms with van der Waals surface area (Å²) in [6.45, 7) is 0. The van der Waals surface area contributed by atoms with Crippen molar-refractivity contribution in [3.05, 3.63) is 269 Å². The number of rotatable bonds is 11. The van der Waals surface area contributed by atoms with Crippen LogP contribution in [0.5, 0.6) is 0 Å². The fourth-order valence-electron chi connectivity index (χ4n) is 7.70. The van der Waals surface area contributed by atoms with Crippen LogP contribution >= 0.6 is 23.2 Å². The van der Waals surface area contributed by atoms with Gasteiger partial charge in [0.05, 0.1) is 85.1 Å². The van der Waals surface area contributed by atoms with Crippen molar-refractivity contribution in [3.8, 4) is 22.7 Å². The van der Waals surface area contributed by atoms with Crippen molar-refractivity contribution in [1.29, 1.82) is 0 Å². The summed E-state index contributed by atoms with van der Waals surface area (Å²) in [4.78, 5) is 53.9. The molecule has 0 aliphatic carbocycles. The molecule has 7 N–H and O–H groups in total. The fourth-order valence-corrected chi connectivity index (χ4v) is 8.04. The first-order valence-electron chi connectivity index (χ1n) is 26.1. The second kappa shape index (κ2) is 30.1. The monoisotopic (exact) mass is 1390 g/mol. The number of benzene rings is 6. The zero-order valence-electron chi connectivity index (χ0n) is 47.6. The van der Waals surface area contributed by atoms with Gasteiger partial charge in [0.1, 0.15) is 11.4 Å². The van der Waals surface area contributed by atoms with Crippen LogP contribution in [-0.4, -0.2) is 75.9 Å². The zero-order chi connectivity index (χ0) is 70.5. The maximum absolute atomic E-state index is 12.8. The number of aromatic nitrogens is 10. The number of aromatic amines is 1. The molecule has 0 aliphatic heterocycles. The van der Waals surface area contributed by atoms with E-state index in [2.05, 4.69) is 41.2 Å². The molecular formula is C57H39Cl2F12N17O8. The molecule has 96 heavy (non-hydrogen) atoms. The summed E-state index contributed by atoms with van der Waals surface area (Å²) in [5.74, 6) is -1.44.